The van der Waals surface area contributed by atoms with Crippen molar-refractivity contribution >= 4 is 27.5 Å². The van der Waals surface area contributed by atoms with Crippen molar-refractivity contribution in [1.29, 1.82) is 0 Å². The predicted octanol–water partition coefficient (Wildman–Crippen LogP) is 2.29. The summed E-state index contributed by atoms with van der Waals surface area (Å²) in [5.41, 5.74) is 1.11. The second-order valence-electron chi connectivity index (χ2n) is 3.27. The first-order valence-corrected chi connectivity index (χ1v) is 9.19. The topological polar surface area (TPSA) is 46.5 Å². The van der Waals surface area contributed by atoms with E-state index in [4.69, 9.17) is 5.11 Å². The van der Waals surface area contributed by atoms with E-state index in [1.165, 1.54) is 12.1 Å². The van der Waals surface area contributed by atoms with Gasteiger partial charge in [-0.2, -0.15) is 0 Å². The van der Waals surface area contributed by atoms with E-state index in [2.05, 4.69) is 12.2 Å². The van der Waals surface area contributed by atoms with Crippen molar-refractivity contribution in [2.75, 3.05) is 0 Å². The van der Waals surface area contributed by atoms with Gasteiger partial charge < -0.3 is 0 Å². The molecule has 0 heterocycles. The van der Waals surface area contributed by atoms with Crippen LogP contribution in [0.4, 0.5) is 8.78 Å². The summed E-state index contributed by atoms with van der Waals surface area (Å²) in [6, 6.07) is 2.67. The van der Waals surface area contributed by atoms with Crippen LogP contribution >= 0.6 is 7.49 Å². The fourth-order valence-electron chi connectivity index (χ4n) is 1.51. The van der Waals surface area contributed by atoms with Crippen LogP contribution < -0.4 is 4.74 Å². The molecule has 0 aromatic heterocycles. The minimum absolute atomic E-state index is 0.00110. The Bertz CT molecular complexity index is 451. The van der Waals surface area contributed by atoms with Crippen molar-refractivity contribution in [3.05, 3.63) is 28.8 Å². The fourth-order valence-corrected chi connectivity index (χ4v) is 3.28. The van der Waals surface area contributed by atoms with E-state index in [9.17, 15) is 13.6 Å². The number of hydrogen-bond acceptors (Lipinski definition) is 2. The molecular formula is C10H11F2O3PSe. The molecular weight excluding hydrogens is 316 g/mol. The molecule has 1 aromatic rings. The molecule has 7 heteroatoms. The van der Waals surface area contributed by atoms with E-state index in [-0.39, 0.29) is 25.4 Å². The Kier molecular flexibility index (Phi) is 5.19. The molecule has 0 saturated carbocycles. The third-order valence-corrected chi connectivity index (χ3v) is 3.95. The normalized spacial score (nSPS) is 10.6. The average Bonchev–Trinajstić information content (AvgIpc) is 2.15. The maximum absolute atomic E-state index is 12.1. The molecule has 3 nitrogen and oxygen atoms in total. The molecule has 0 atom stereocenters. The number of rotatable bonds is 5. The monoisotopic (exact) mass is 328 g/mol. The van der Waals surface area contributed by atoms with Gasteiger partial charge in [0.2, 0.25) is 0 Å². The van der Waals surface area contributed by atoms with Crippen LogP contribution in [0.25, 0.3) is 0 Å². The van der Waals surface area contributed by atoms with Gasteiger partial charge in [-0.3, -0.25) is 0 Å². The number of benzene rings is 1. The first kappa shape index (κ1) is 14.2. The van der Waals surface area contributed by atoms with Crippen LogP contribution in [0.15, 0.2) is 12.1 Å². The number of alkyl halides is 2. The second-order valence-corrected chi connectivity index (χ2v) is 6.24. The Balaban J connectivity index is 3.24. The number of halogens is 2. The molecule has 1 N–H and O–H groups in total. The number of hydrogen-bond donors (Lipinski definition) is 1. The van der Waals surface area contributed by atoms with E-state index in [1.54, 1.807) is 6.92 Å². The molecule has 0 bridgehead atoms. The first-order chi connectivity index (χ1) is 7.95. The predicted molar refractivity (Wildman–Crippen MR) is 63.9 cm³/mol. The molecule has 0 saturated heterocycles. The average molecular weight is 327 g/mol. The molecule has 0 unspecified atom stereocenters. The molecule has 94 valence electrons. The molecule has 0 aliphatic rings. The zero-order chi connectivity index (χ0) is 13.0. The van der Waals surface area contributed by atoms with Crippen molar-refractivity contribution in [2.45, 2.75) is 18.9 Å². The molecule has 1 rings (SSSR count). The van der Waals surface area contributed by atoms with E-state index in [1.807, 2.05) is 0 Å². The molecule has 0 aliphatic carbocycles. The third-order valence-electron chi connectivity index (χ3n) is 2.08. The SMILES string of the molecule is Cc1cc(OC(F)F)cc(C[SeH]=P)c1C(=O)O. The van der Waals surface area contributed by atoms with E-state index >= 15 is 0 Å². The van der Waals surface area contributed by atoms with E-state index in [0.29, 0.717) is 16.4 Å². The fraction of sp³-hybridized carbons (Fsp3) is 0.300. The van der Waals surface area contributed by atoms with Gasteiger partial charge in [0.25, 0.3) is 0 Å². The number of ether oxygens (including phenoxy) is 1. The van der Waals surface area contributed by atoms with Crippen molar-refractivity contribution in [3.63, 3.8) is 0 Å². The molecule has 1 aromatic carbocycles. The van der Waals surface area contributed by atoms with Crippen LogP contribution in [0, 0.1) is 6.92 Å². The molecule has 0 aliphatic heterocycles. The molecule has 17 heavy (non-hydrogen) atoms. The van der Waals surface area contributed by atoms with E-state index < -0.39 is 12.6 Å². The standard InChI is InChI=1S/C10H11F2O3PSe/c1-5-2-7(15-10(11)12)3-6(4-17-16)8(5)9(13)14/h2-3,10,16-17H,4H2,1H3,(H,13,14). The van der Waals surface area contributed by atoms with Gasteiger partial charge in [0.1, 0.15) is 0 Å². The van der Waals surface area contributed by atoms with Gasteiger partial charge in [0.05, 0.1) is 0 Å². The Morgan fingerprint density at radius 2 is 2.24 bits per heavy atom. The number of carbonyl (C=O) groups is 1. The Morgan fingerprint density at radius 3 is 2.71 bits per heavy atom. The van der Waals surface area contributed by atoms with Gasteiger partial charge in [-0.15, -0.1) is 0 Å². The molecule has 0 amide bonds. The van der Waals surface area contributed by atoms with Gasteiger partial charge >= 0.3 is 104 Å². The number of carboxylic acid groups (broad SMARTS) is 1. The molecule has 0 fully saturated rings. The summed E-state index contributed by atoms with van der Waals surface area (Å²) >= 11 is -0.228. The number of aromatic carboxylic acids is 1. The summed E-state index contributed by atoms with van der Waals surface area (Å²) in [4.78, 5) is 11.1. The summed E-state index contributed by atoms with van der Waals surface area (Å²) in [5, 5.41) is 9.58. The van der Waals surface area contributed by atoms with Gasteiger partial charge in [-0.25, -0.2) is 0 Å². The van der Waals surface area contributed by atoms with Crippen LogP contribution in [0.5, 0.6) is 5.75 Å². The van der Waals surface area contributed by atoms with Crippen molar-refractivity contribution < 1.29 is 23.4 Å². The maximum atomic E-state index is 12.1. The summed E-state index contributed by atoms with van der Waals surface area (Å²) < 4.78 is 28.5. The summed E-state index contributed by atoms with van der Waals surface area (Å²) in [6.45, 7) is -1.34. The molecule has 0 spiro atoms. The summed E-state index contributed by atoms with van der Waals surface area (Å²) in [7, 11) is 3.33. The molecule has 0 radical (unpaired) electrons. The van der Waals surface area contributed by atoms with Crippen LogP contribution in [0.2, 0.25) is 0 Å². The zero-order valence-corrected chi connectivity index (χ0v) is 11.8. The van der Waals surface area contributed by atoms with E-state index in [0.717, 1.165) is 0 Å². The van der Waals surface area contributed by atoms with Gasteiger partial charge in [-0.05, 0) is 0 Å². The van der Waals surface area contributed by atoms with Crippen LogP contribution in [0.3, 0.4) is 0 Å². The van der Waals surface area contributed by atoms with Crippen LogP contribution in [-0.2, 0) is 5.32 Å². The first-order valence-electron chi connectivity index (χ1n) is 4.60. The van der Waals surface area contributed by atoms with Gasteiger partial charge in [-0.1, -0.05) is 0 Å². The van der Waals surface area contributed by atoms with Crippen molar-refractivity contribution in [3.8, 4) is 5.75 Å². The zero-order valence-electron chi connectivity index (χ0n) is 8.91. The van der Waals surface area contributed by atoms with Crippen molar-refractivity contribution in [2.24, 2.45) is 0 Å². The second kappa shape index (κ2) is 6.20. The number of carboxylic acids is 1. The third kappa shape index (κ3) is 3.84. The Hall–Kier alpha value is -0.831. The Labute approximate surface area is 105 Å². The summed E-state index contributed by atoms with van der Waals surface area (Å²) in [6.07, 6.45) is 0. The van der Waals surface area contributed by atoms with Crippen LogP contribution in [-0.4, -0.2) is 31.7 Å². The Morgan fingerprint density at radius 1 is 1.59 bits per heavy atom. The van der Waals surface area contributed by atoms with Crippen LogP contribution in [0.1, 0.15) is 21.5 Å². The van der Waals surface area contributed by atoms with Crippen molar-refractivity contribution in [1.82, 2.24) is 0 Å². The quantitative estimate of drug-likeness (QED) is 0.667. The summed E-state index contributed by atoms with van der Waals surface area (Å²) in [5.74, 6) is -1.05. The van der Waals surface area contributed by atoms with Gasteiger partial charge in [0.15, 0.2) is 0 Å². The minimum atomic E-state index is -2.91. The number of aryl methyl sites for hydroxylation is 1. The van der Waals surface area contributed by atoms with Gasteiger partial charge in [0, 0.05) is 0 Å².